The Morgan fingerprint density at radius 2 is 1.87 bits per heavy atom. The molecule has 0 bridgehead atoms. The molecule has 1 aliphatic heterocycles. The van der Waals surface area contributed by atoms with Gasteiger partial charge in [-0.1, -0.05) is 0 Å². The van der Waals surface area contributed by atoms with E-state index in [1.165, 1.54) is 39.3 Å². The fourth-order valence-electron chi connectivity index (χ4n) is 3.23. The zero-order valence-corrected chi connectivity index (χ0v) is 17.9. The van der Waals surface area contributed by atoms with Gasteiger partial charge < -0.3 is 10.2 Å². The van der Waals surface area contributed by atoms with Gasteiger partial charge in [0.25, 0.3) is 5.91 Å². The lowest BCUT2D eigenvalue weighted by Gasteiger charge is -2.27. The Balaban J connectivity index is 1.99. The number of carbonyl (C=O) groups excluding carboxylic acids is 3. The number of halogens is 3. The zero-order valence-electron chi connectivity index (χ0n) is 17.1. The van der Waals surface area contributed by atoms with Gasteiger partial charge in [0.15, 0.2) is 11.6 Å². The molecule has 2 heterocycles. The van der Waals surface area contributed by atoms with Crippen molar-refractivity contribution in [3.05, 3.63) is 47.4 Å². The van der Waals surface area contributed by atoms with Crippen LogP contribution in [-0.2, 0) is 16.1 Å². The number of imide groups is 1. The molecule has 3 rings (SSSR count). The van der Waals surface area contributed by atoms with E-state index in [-0.39, 0.29) is 18.3 Å². The number of rotatable bonds is 5. The van der Waals surface area contributed by atoms with E-state index < -0.39 is 45.5 Å². The van der Waals surface area contributed by atoms with Crippen molar-refractivity contribution in [1.82, 2.24) is 9.88 Å². The predicted molar refractivity (Wildman–Crippen MR) is 109 cm³/mol. The first kappa shape index (κ1) is 22.6. The van der Waals surface area contributed by atoms with Crippen LogP contribution in [0.15, 0.2) is 29.3 Å². The summed E-state index contributed by atoms with van der Waals surface area (Å²) in [5, 5.41) is 2.51. The molecule has 0 unspecified atom stereocenters. The normalized spacial score (nSPS) is 15.6. The molecule has 7 nitrogen and oxygen atoms in total. The van der Waals surface area contributed by atoms with Crippen LogP contribution in [0.3, 0.4) is 0 Å². The Labute approximate surface area is 180 Å². The van der Waals surface area contributed by atoms with E-state index in [2.05, 4.69) is 10.3 Å². The van der Waals surface area contributed by atoms with Crippen LogP contribution >= 0.6 is 11.8 Å². The number of amides is 4. The number of nitrogens with zero attached hydrogens (tertiary/aromatic N) is 3. The molecule has 0 saturated carbocycles. The third-order valence-electron chi connectivity index (χ3n) is 4.83. The van der Waals surface area contributed by atoms with Gasteiger partial charge in [-0.15, -0.1) is 11.8 Å². The number of nitrogens with one attached hydrogen (secondary N) is 1. The SMILES string of the molecule is CSc1c(F)cc(N2C(=O)N(Cc3ccnc(NC(C)=O)c3)C(C)(C)C2=O)c(F)c1F. The van der Waals surface area contributed by atoms with Crippen LogP contribution in [0.5, 0.6) is 0 Å². The third kappa shape index (κ3) is 3.97. The zero-order chi connectivity index (χ0) is 23.1. The molecule has 4 amide bonds. The number of hydrogen-bond acceptors (Lipinski definition) is 5. The molecule has 11 heteroatoms. The number of carbonyl (C=O) groups is 3. The summed E-state index contributed by atoms with van der Waals surface area (Å²) < 4.78 is 43.2. The first-order valence-corrected chi connectivity index (χ1v) is 10.3. The minimum atomic E-state index is -1.48. The molecule has 0 aliphatic carbocycles. The van der Waals surface area contributed by atoms with Gasteiger partial charge >= 0.3 is 6.03 Å². The highest BCUT2D eigenvalue weighted by atomic mass is 32.2. The highest BCUT2D eigenvalue weighted by Crippen LogP contribution is 2.38. The molecular weight excluding hydrogens is 433 g/mol. The van der Waals surface area contributed by atoms with Crippen LogP contribution < -0.4 is 10.2 Å². The summed E-state index contributed by atoms with van der Waals surface area (Å²) in [4.78, 5) is 42.3. The van der Waals surface area contributed by atoms with Crippen LogP contribution in [0.1, 0.15) is 26.3 Å². The minimum absolute atomic E-state index is 0.0847. The van der Waals surface area contributed by atoms with E-state index in [1.807, 2.05) is 0 Å². The van der Waals surface area contributed by atoms with Crippen LogP contribution in [0.2, 0.25) is 0 Å². The average Bonchev–Trinajstić information content (AvgIpc) is 2.85. The number of benzene rings is 1. The number of thioether (sulfide) groups is 1. The van der Waals surface area contributed by atoms with Crippen molar-refractivity contribution in [2.24, 2.45) is 0 Å². The van der Waals surface area contributed by atoms with Crippen molar-refractivity contribution in [3.8, 4) is 0 Å². The Morgan fingerprint density at radius 1 is 1.19 bits per heavy atom. The largest absolute Gasteiger partial charge is 0.332 e. The summed E-state index contributed by atoms with van der Waals surface area (Å²) in [6.07, 6.45) is 2.79. The van der Waals surface area contributed by atoms with Gasteiger partial charge in [0.1, 0.15) is 17.2 Å². The Bertz CT molecular complexity index is 1090. The Morgan fingerprint density at radius 3 is 2.48 bits per heavy atom. The summed E-state index contributed by atoms with van der Waals surface area (Å²) in [5.74, 6) is -4.94. The summed E-state index contributed by atoms with van der Waals surface area (Å²) in [7, 11) is 0. The minimum Gasteiger partial charge on any atom is -0.311 e. The number of aromatic nitrogens is 1. The fraction of sp³-hybridized carbons (Fsp3) is 0.300. The molecule has 1 fully saturated rings. The summed E-state index contributed by atoms with van der Waals surface area (Å²) in [6, 6.07) is 2.81. The maximum absolute atomic E-state index is 14.6. The van der Waals surface area contributed by atoms with Gasteiger partial charge in [0, 0.05) is 25.7 Å². The van der Waals surface area contributed by atoms with Crippen molar-refractivity contribution < 1.29 is 27.6 Å². The Kier molecular flexibility index (Phi) is 5.99. The number of urea groups is 1. The third-order valence-corrected chi connectivity index (χ3v) is 5.62. The maximum atomic E-state index is 14.6. The van der Waals surface area contributed by atoms with Crippen LogP contribution in [-0.4, -0.2) is 39.5 Å². The lowest BCUT2D eigenvalue weighted by atomic mass is 10.0. The van der Waals surface area contributed by atoms with Gasteiger partial charge in [-0.2, -0.15) is 0 Å². The Hall–Kier alpha value is -3.08. The summed E-state index contributed by atoms with van der Waals surface area (Å²) >= 11 is 0.672. The lowest BCUT2D eigenvalue weighted by Crippen LogP contribution is -2.43. The molecule has 164 valence electrons. The topological polar surface area (TPSA) is 82.6 Å². The predicted octanol–water partition coefficient (Wildman–Crippen LogP) is 3.93. The second-order valence-electron chi connectivity index (χ2n) is 7.34. The fourth-order valence-corrected chi connectivity index (χ4v) is 3.76. The molecule has 1 aliphatic rings. The standard InChI is InChI=1S/C20H19F3N4O3S/c1-10(28)25-14-7-11(5-6-24-14)9-26-19(30)27(18(29)20(26,2)3)13-8-12(21)17(31-4)16(23)15(13)22/h5-8H,9H2,1-4H3,(H,24,25,28). The number of hydrogen-bond donors (Lipinski definition) is 1. The van der Waals surface area contributed by atoms with Crippen molar-refractivity contribution in [3.63, 3.8) is 0 Å². The summed E-state index contributed by atoms with van der Waals surface area (Å²) in [6.45, 7) is 4.12. The monoisotopic (exact) mass is 452 g/mol. The molecule has 31 heavy (non-hydrogen) atoms. The maximum Gasteiger partial charge on any atom is 0.332 e. The molecule has 0 spiro atoms. The molecular formula is C20H19F3N4O3S. The van der Waals surface area contributed by atoms with Crippen LogP contribution in [0.25, 0.3) is 0 Å². The number of pyridine rings is 1. The average molecular weight is 452 g/mol. The molecule has 1 N–H and O–H groups in total. The second-order valence-corrected chi connectivity index (χ2v) is 8.15. The smallest absolute Gasteiger partial charge is 0.311 e. The quantitative estimate of drug-likeness (QED) is 0.422. The highest BCUT2D eigenvalue weighted by Gasteiger charge is 2.52. The van der Waals surface area contributed by atoms with Gasteiger partial charge in [-0.05, 0) is 37.8 Å². The molecule has 1 saturated heterocycles. The van der Waals surface area contributed by atoms with E-state index in [9.17, 15) is 27.6 Å². The summed E-state index contributed by atoms with van der Waals surface area (Å²) in [5.41, 5.74) is -1.68. The van der Waals surface area contributed by atoms with Crippen LogP contribution in [0, 0.1) is 17.5 Å². The van der Waals surface area contributed by atoms with E-state index in [4.69, 9.17) is 0 Å². The lowest BCUT2D eigenvalue weighted by molar-refractivity contribution is -0.123. The van der Waals surface area contributed by atoms with Crippen LogP contribution in [0.4, 0.5) is 29.5 Å². The van der Waals surface area contributed by atoms with Crippen molar-refractivity contribution in [1.29, 1.82) is 0 Å². The van der Waals surface area contributed by atoms with Crippen molar-refractivity contribution >= 4 is 41.1 Å². The molecule has 0 atom stereocenters. The van der Waals surface area contributed by atoms with Gasteiger partial charge in [0.05, 0.1) is 10.6 Å². The second kappa shape index (κ2) is 8.22. The molecule has 1 aromatic heterocycles. The van der Waals surface area contributed by atoms with E-state index in [0.29, 0.717) is 28.3 Å². The van der Waals surface area contributed by atoms with Gasteiger partial charge in [-0.3, -0.25) is 9.59 Å². The first-order valence-electron chi connectivity index (χ1n) is 9.09. The molecule has 2 aromatic rings. The first-order chi connectivity index (χ1) is 14.5. The van der Waals surface area contributed by atoms with E-state index in [0.717, 1.165) is 4.90 Å². The van der Waals surface area contributed by atoms with E-state index in [1.54, 1.807) is 6.07 Å². The van der Waals surface area contributed by atoms with Crippen molar-refractivity contribution in [2.45, 2.75) is 37.8 Å². The van der Waals surface area contributed by atoms with E-state index >= 15 is 0 Å². The van der Waals surface area contributed by atoms with Gasteiger partial charge in [-0.25, -0.2) is 27.8 Å². The highest BCUT2D eigenvalue weighted by molar-refractivity contribution is 7.98. The molecule has 0 radical (unpaired) electrons. The number of anilines is 2. The molecule has 1 aromatic carbocycles. The van der Waals surface area contributed by atoms with Gasteiger partial charge in [0.2, 0.25) is 5.91 Å². The van der Waals surface area contributed by atoms with Crippen molar-refractivity contribution in [2.75, 3.05) is 16.5 Å².